The summed E-state index contributed by atoms with van der Waals surface area (Å²) >= 11 is 0. The summed E-state index contributed by atoms with van der Waals surface area (Å²) in [6.45, 7) is 3.87. The van der Waals surface area contributed by atoms with Crippen LogP contribution in [-0.2, 0) is 0 Å². The molecule has 0 atom stereocenters. The van der Waals surface area contributed by atoms with Crippen LogP contribution in [0.5, 0.6) is 0 Å². The topological polar surface area (TPSA) is 41.1 Å². The van der Waals surface area contributed by atoms with Gasteiger partial charge in [-0.3, -0.25) is 0 Å². The minimum absolute atomic E-state index is 0.192. The molecule has 4 nitrogen and oxygen atoms in total. The highest BCUT2D eigenvalue weighted by Gasteiger charge is 2.22. The Hall–Kier alpha value is -2.69. The Kier molecular flexibility index (Phi) is 4.22. The van der Waals surface area contributed by atoms with Crippen molar-refractivity contribution in [3.63, 3.8) is 0 Å². The smallest absolute Gasteiger partial charge is 0.146 e. The fourth-order valence-electron chi connectivity index (χ4n) is 3.44. The molecule has 25 heavy (non-hydrogen) atoms. The zero-order valence-electron chi connectivity index (χ0n) is 14.2. The van der Waals surface area contributed by atoms with E-state index in [4.69, 9.17) is 0 Å². The summed E-state index contributed by atoms with van der Waals surface area (Å²) in [5, 5.41) is 4.43. The Morgan fingerprint density at radius 2 is 1.88 bits per heavy atom. The number of hydrogen-bond donors (Lipinski definition) is 1. The standard InChI is InChI=1S/C20H21FN4/c1-14-6-7-18-16(12-14)20(23-13-22-18)25-10-8-15(9-11-25)24-19-5-3-2-4-17(19)21/h2-7,12-13,15,24H,8-11H2,1H3. The van der Waals surface area contributed by atoms with Crippen molar-refractivity contribution in [1.29, 1.82) is 0 Å². The van der Waals surface area contributed by atoms with Crippen LogP contribution in [0.2, 0.25) is 0 Å². The van der Waals surface area contributed by atoms with Crippen molar-refractivity contribution in [2.24, 2.45) is 0 Å². The molecule has 0 saturated carbocycles. The van der Waals surface area contributed by atoms with Crippen LogP contribution in [0.1, 0.15) is 18.4 Å². The van der Waals surface area contributed by atoms with Gasteiger partial charge in [0.2, 0.25) is 0 Å². The van der Waals surface area contributed by atoms with Crippen molar-refractivity contribution in [2.45, 2.75) is 25.8 Å². The summed E-state index contributed by atoms with van der Waals surface area (Å²) in [5.41, 5.74) is 2.77. The molecule has 1 N–H and O–H groups in total. The van der Waals surface area contributed by atoms with E-state index in [-0.39, 0.29) is 11.9 Å². The lowest BCUT2D eigenvalue weighted by Crippen LogP contribution is -2.39. The first-order valence-electron chi connectivity index (χ1n) is 8.68. The van der Waals surface area contributed by atoms with E-state index in [1.807, 2.05) is 12.1 Å². The van der Waals surface area contributed by atoms with Crippen molar-refractivity contribution in [1.82, 2.24) is 9.97 Å². The van der Waals surface area contributed by atoms with E-state index in [0.717, 1.165) is 42.7 Å². The molecule has 1 fully saturated rings. The van der Waals surface area contributed by atoms with Gasteiger partial charge in [-0.15, -0.1) is 0 Å². The van der Waals surface area contributed by atoms with Crippen LogP contribution < -0.4 is 10.2 Å². The number of nitrogens with one attached hydrogen (secondary N) is 1. The van der Waals surface area contributed by atoms with E-state index in [1.165, 1.54) is 11.6 Å². The molecule has 1 aliphatic heterocycles. The third kappa shape index (κ3) is 3.27. The Labute approximate surface area is 146 Å². The third-order valence-corrected chi connectivity index (χ3v) is 4.80. The molecular weight excluding hydrogens is 315 g/mol. The second-order valence-electron chi connectivity index (χ2n) is 6.60. The minimum Gasteiger partial charge on any atom is -0.380 e. The van der Waals surface area contributed by atoms with E-state index in [2.05, 4.69) is 39.2 Å². The Bertz CT molecular complexity index is 888. The number of aryl methyl sites for hydroxylation is 1. The molecule has 128 valence electrons. The van der Waals surface area contributed by atoms with Gasteiger partial charge in [0.25, 0.3) is 0 Å². The molecule has 0 spiro atoms. The molecule has 2 aromatic carbocycles. The number of hydrogen-bond acceptors (Lipinski definition) is 4. The van der Waals surface area contributed by atoms with E-state index >= 15 is 0 Å². The summed E-state index contributed by atoms with van der Waals surface area (Å²) in [5.74, 6) is 0.806. The molecule has 0 aliphatic carbocycles. The lowest BCUT2D eigenvalue weighted by Gasteiger charge is -2.34. The van der Waals surface area contributed by atoms with Crippen LogP contribution in [0.15, 0.2) is 48.8 Å². The minimum atomic E-state index is -0.192. The maximum atomic E-state index is 13.8. The van der Waals surface area contributed by atoms with Gasteiger partial charge < -0.3 is 10.2 Å². The van der Waals surface area contributed by atoms with E-state index in [0.29, 0.717) is 5.69 Å². The number of piperidine rings is 1. The van der Waals surface area contributed by atoms with Gasteiger partial charge in [-0.2, -0.15) is 0 Å². The first-order valence-corrected chi connectivity index (χ1v) is 8.68. The second-order valence-corrected chi connectivity index (χ2v) is 6.60. The largest absolute Gasteiger partial charge is 0.380 e. The van der Waals surface area contributed by atoms with Crippen LogP contribution in [-0.4, -0.2) is 29.1 Å². The van der Waals surface area contributed by atoms with E-state index in [9.17, 15) is 4.39 Å². The summed E-state index contributed by atoms with van der Waals surface area (Å²) in [7, 11) is 0. The first-order chi connectivity index (χ1) is 12.2. The summed E-state index contributed by atoms with van der Waals surface area (Å²) in [6, 6.07) is 13.4. The van der Waals surface area contributed by atoms with Gasteiger partial charge in [0.05, 0.1) is 11.2 Å². The monoisotopic (exact) mass is 336 g/mol. The first kappa shape index (κ1) is 15.8. The van der Waals surface area contributed by atoms with Crippen molar-refractivity contribution in [3.05, 3.63) is 60.2 Å². The lowest BCUT2D eigenvalue weighted by molar-refractivity contribution is 0.520. The van der Waals surface area contributed by atoms with E-state index in [1.54, 1.807) is 18.5 Å². The van der Waals surface area contributed by atoms with E-state index < -0.39 is 0 Å². The molecule has 1 aromatic heterocycles. The average Bonchev–Trinajstić information content (AvgIpc) is 2.64. The molecule has 5 heteroatoms. The maximum Gasteiger partial charge on any atom is 0.146 e. The molecule has 1 saturated heterocycles. The third-order valence-electron chi connectivity index (χ3n) is 4.80. The van der Waals surface area contributed by atoms with Gasteiger partial charge in [-0.05, 0) is 44.0 Å². The molecule has 0 amide bonds. The quantitative estimate of drug-likeness (QED) is 0.780. The van der Waals surface area contributed by atoms with Gasteiger partial charge in [0.15, 0.2) is 0 Å². The molecule has 0 radical (unpaired) electrons. The highest BCUT2D eigenvalue weighted by molar-refractivity contribution is 5.89. The number of fused-ring (bicyclic) bond motifs is 1. The molecule has 2 heterocycles. The number of rotatable bonds is 3. The Morgan fingerprint density at radius 3 is 2.68 bits per heavy atom. The zero-order chi connectivity index (χ0) is 17.2. The number of aromatic nitrogens is 2. The second kappa shape index (κ2) is 6.67. The number of para-hydroxylation sites is 1. The average molecular weight is 336 g/mol. The summed E-state index contributed by atoms with van der Waals surface area (Å²) in [4.78, 5) is 11.2. The van der Waals surface area contributed by atoms with Crippen LogP contribution in [0.3, 0.4) is 0 Å². The number of halogens is 1. The SMILES string of the molecule is Cc1ccc2ncnc(N3CCC(Nc4ccccc4F)CC3)c2c1. The number of anilines is 2. The van der Waals surface area contributed by atoms with Crippen LogP contribution in [0.4, 0.5) is 15.9 Å². The highest BCUT2D eigenvalue weighted by atomic mass is 19.1. The Morgan fingerprint density at radius 1 is 1.08 bits per heavy atom. The fourth-order valence-corrected chi connectivity index (χ4v) is 3.44. The molecule has 3 aromatic rings. The van der Waals surface area contributed by atoms with Crippen molar-refractivity contribution < 1.29 is 4.39 Å². The van der Waals surface area contributed by atoms with Crippen molar-refractivity contribution in [2.75, 3.05) is 23.3 Å². The van der Waals surface area contributed by atoms with Crippen molar-refractivity contribution >= 4 is 22.4 Å². The Balaban J connectivity index is 1.49. The van der Waals surface area contributed by atoms with Crippen LogP contribution >= 0.6 is 0 Å². The van der Waals surface area contributed by atoms with Crippen LogP contribution in [0, 0.1) is 12.7 Å². The zero-order valence-corrected chi connectivity index (χ0v) is 14.2. The van der Waals surface area contributed by atoms with Gasteiger partial charge in [0.1, 0.15) is 18.0 Å². The predicted octanol–water partition coefficient (Wildman–Crippen LogP) is 4.16. The molecule has 1 aliphatic rings. The van der Waals surface area contributed by atoms with Gasteiger partial charge in [0, 0.05) is 24.5 Å². The normalized spacial score (nSPS) is 15.5. The maximum absolute atomic E-state index is 13.8. The van der Waals surface area contributed by atoms with Crippen molar-refractivity contribution in [3.8, 4) is 0 Å². The fraction of sp³-hybridized carbons (Fsp3) is 0.300. The van der Waals surface area contributed by atoms with Gasteiger partial charge in [-0.1, -0.05) is 23.8 Å². The summed E-state index contributed by atoms with van der Waals surface area (Å²) < 4.78 is 13.8. The molecule has 0 unspecified atom stereocenters. The summed E-state index contributed by atoms with van der Waals surface area (Å²) in [6.07, 6.45) is 3.54. The van der Waals surface area contributed by atoms with Crippen LogP contribution in [0.25, 0.3) is 10.9 Å². The van der Waals surface area contributed by atoms with Gasteiger partial charge in [-0.25, -0.2) is 14.4 Å². The molecular formula is C20H21FN4. The molecule has 4 rings (SSSR count). The molecule has 0 bridgehead atoms. The predicted molar refractivity (Wildman–Crippen MR) is 99.5 cm³/mol. The van der Waals surface area contributed by atoms with Gasteiger partial charge >= 0.3 is 0 Å². The number of benzene rings is 2. The highest BCUT2D eigenvalue weighted by Crippen LogP contribution is 2.27. The number of nitrogens with zero attached hydrogens (tertiary/aromatic N) is 3. The lowest BCUT2D eigenvalue weighted by atomic mass is 10.0.